The third-order valence-corrected chi connectivity index (χ3v) is 6.13. The minimum Gasteiger partial charge on any atom is -0.504 e. The lowest BCUT2D eigenvalue weighted by molar-refractivity contribution is 0.210. The number of hydrogen-bond donors (Lipinski definition) is 3. The molecule has 0 aliphatic carbocycles. The Labute approximate surface area is 187 Å². The fraction of sp³-hybridized carbons (Fsp3) is 0.400. The highest BCUT2D eigenvalue weighted by molar-refractivity contribution is 7.86. The molecule has 0 radical (unpaired) electrons. The number of rotatable bonds is 12. The Balaban J connectivity index is 2.25. The maximum Gasteiger partial charge on any atom is 0.268 e. The normalized spacial score (nSPS) is 12.9. The van der Waals surface area contributed by atoms with Gasteiger partial charge >= 0.3 is 0 Å². The number of phenolic OH excluding ortho intramolecular Hbond substituents is 1. The van der Waals surface area contributed by atoms with Gasteiger partial charge in [0.05, 0.1) is 20.0 Å². The summed E-state index contributed by atoms with van der Waals surface area (Å²) in [5.41, 5.74) is 1.08. The van der Waals surface area contributed by atoms with Crippen LogP contribution in [0.3, 0.4) is 0 Å². The summed E-state index contributed by atoms with van der Waals surface area (Å²) in [6.45, 7) is 0. The number of ether oxygens (including phenoxy) is 3. The number of aromatic hydroxyl groups is 1. The quantitative estimate of drug-likeness (QED) is 0.376. The second-order valence-corrected chi connectivity index (χ2v) is 10.1. The van der Waals surface area contributed by atoms with Gasteiger partial charge < -0.3 is 19.3 Å². The van der Waals surface area contributed by atoms with Crippen LogP contribution >= 0.6 is 0 Å². The van der Waals surface area contributed by atoms with Gasteiger partial charge in [-0.1, -0.05) is 18.2 Å². The van der Waals surface area contributed by atoms with Crippen molar-refractivity contribution >= 4 is 20.2 Å². The van der Waals surface area contributed by atoms with Crippen LogP contribution in [0.4, 0.5) is 0 Å². The molecule has 10 nitrogen and oxygen atoms in total. The molecule has 0 aromatic heterocycles. The van der Waals surface area contributed by atoms with Crippen molar-refractivity contribution in [2.45, 2.75) is 25.4 Å². The van der Waals surface area contributed by atoms with Crippen LogP contribution in [-0.4, -0.2) is 62.9 Å². The molecule has 178 valence electrons. The maximum absolute atomic E-state index is 11.5. The van der Waals surface area contributed by atoms with E-state index in [4.69, 9.17) is 18.8 Å². The summed E-state index contributed by atoms with van der Waals surface area (Å²) < 4.78 is 79.1. The van der Waals surface area contributed by atoms with Crippen LogP contribution in [0.25, 0.3) is 0 Å². The zero-order chi connectivity index (χ0) is 23.9. The summed E-state index contributed by atoms with van der Waals surface area (Å²) in [5.74, 6) is -0.608. The number of hydrogen-bond acceptors (Lipinski definition) is 8. The third kappa shape index (κ3) is 8.19. The second-order valence-electron chi connectivity index (χ2n) is 7.04. The van der Waals surface area contributed by atoms with Gasteiger partial charge in [-0.15, -0.1) is 0 Å². The molecule has 0 fully saturated rings. The molecular formula is C20H26O10S2. The zero-order valence-corrected chi connectivity index (χ0v) is 19.2. The van der Waals surface area contributed by atoms with Crippen molar-refractivity contribution < 1.29 is 45.3 Å². The molecule has 3 N–H and O–H groups in total. The maximum atomic E-state index is 11.5. The summed E-state index contributed by atoms with van der Waals surface area (Å²) in [4.78, 5) is 0. The summed E-state index contributed by atoms with van der Waals surface area (Å²) in [6, 6.07) is 9.53. The molecule has 1 atom stereocenters. The number of aryl methyl sites for hydroxylation is 1. The Hall–Kier alpha value is -2.54. The van der Waals surface area contributed by atoms with Crippen molar-refractivity contribution in [3.8, 4) is 23.0 Å². The summed E-state index contributed by atoms with van der Waals surface area (Å²) in [5, 5.41) is 10.3. The van der Waals surface area contributed by atoms with Crippen LogP contribution in [0, 0.1) is 0 Å². The number of benzene rings is 2. The number of phenols is 1. The standard InChI is InChI=1S/C20H26O10S2/c1-28-18-7-3-6-15(20(18)21)12-16(13-32(25,26)27)30-17-9-8-14(11-19(17)29-2)5-4-10-31(22,23)24/h3,6-9,11,16,21H,4-5,10,12-13H2,1-2H3,(H,22,23,24)(H,25,26,27)/t16-/m1/s1. The first-order valence-corrected chi connectivity index (χ1v) is 12.7. The van der Waals surface area contributed by atoms with Crippen molar-refractivity contribution in [1.82, 2.24) is 0 Å². The molecule has 0 saturated carbocycles. The molecule has 2 rings (SSSR count). The van der Waals surface area contributed by atoms with Crippen molar-refractivity contribution in [3.05, 3.63) is 47.5 Å². The van der Waals surface area contributed by atoms with E-state index in [9.17, 15) is 26.5 Å². The smallest absolute Gasteiger partial charge is 0.268 e. The predicted molar refractivity (Wildman–Crippen MR) is 117 cm³/mol. The van der Waals surface area contributed by atoms with E-state index in [-0.39, 0.29) is 41.6 Å². The molecule has 2 aromatic carbocycles. The minimum absolute atomic E-state index is 0.0535. The van der Waals surface area contributed by atoms with Crippen LogP contribution in [0.5, 0.6) is 23.0 Å². The first-order valence-electron chi connectivity index (χ1n) is 9.50. The molecule has 0 heterocycles. The largest absolute Gasteiger partial charge is 0.504 e. The lowest BCUT2D eigenvalue weighted by atomic mass is 10.1. The first kappa shape index (κ1) is 25.7. The fourth-order valence-electron chi connectivity index (χ4n) is 3.12. The molecule has 12 heteroatoms. The van der Waals surface area contributed by atoms with Gasteiger partial charge in [-0.2, -0.15) is 16.8 Å². The summed E-state index contributed by atoms with van der Waals surface area (Å²) >= 11 is 0. The molecule has 0 bridgehead atoms. The molecule has 0 aliphatic rings. The van der Waals surface area contributed by atoms with Crippen LogP contribution in [-0.2, 0) is 33.1 Å². The Morgan fingerprint density at radius 3 is 2.19 bits per heavy atom. The Morgan fingerprint density at radius 2 is 1.59 bits per heavy atom. The van der Waals surface area contributed by atoms with E-state index in [1.165, 1.54) is 20.3 Å². The third-order valence-electron chi connectivity index (χ3n) is 4.54. The topological polar surface area (TPSA) is 157 Å². The SMILES string of the molecule is COc1cc(CCCS(=O)(=O)O)ccc1O[C@H](Cc1cccc(OC)c1O)CS(=O)(=O)O. The van der Waals surface area contributed by atoms with E-state index in [1.807, 2.05) is 0 Å². The monoisotopic (exact) mass is 490 g/mol. The zero-order valence-electron chi connectivity index (χ0n) is 17.6. The molecule has 32 heavy (non-hydrogen) atoms. The molecule has 0 aliphatic heterocycles. The van der Waals surface area contributed by atoms with Gasteiger partial charge in [0.15, 0.2) is 23.0 Å². The highest BCUT2D eigenvalue weighted by Gasteiger charge is 2.23. The Morgan fingerprint density at radius 1 is 0.906 bits per heavy atom. The van der Waals surface area contributed by atoms with Crippen LogP contribution < -0.4 is 14.2 Å². The summed E-state index contributed by atoms with van der Waals surface area (Å²) in [7, 11) is -5.69. The van der Waals surface area contributed by atoms with E-state index in [0.29, 0.717) is 12.0 Å². The van der Waals surface area contributed by atoms with Gasteiger partial charge in [0.25, 0.3) is 20.2 Å². The number of methoxy groups -OCH3 is 2. The Bertz CT molecular complexity index is 1130. The molecule has 0 spiro atoms. The molecule has 0 saturated heterocycles. The van der Waals surface area contributed by atoms with Crippen LogP contribution in [0.2, 0.25) is 0 Å². The van der Waals surface area contributed by atoms with Crippen molar-refractivity contribution in [3.63, 3.8) is 0 Å². The van der Waals surface area contributed by atoms with Crippen molar-refractivity contribution in [2.75, 3.05) is 25.7 Å². The minimum atomic E-state index is -4.41. The predicted octanol–water partition coefficient (Wildman–Crippen LogP) is 2.11. The van der Waals surface area contributed by atoms with E-state index >= 15 is 0 Å². The highest BCUT2D eigenvalue weighted by atomic mass is 32.2. The van der Waals surface area contributed by atoms with Crippen LogP contribution in [0.1, 0.15) is 17.5 Å². The average Bonchev–Trinajstić information content (AvgIpc) is 2.68. The van der Waals surface area contributed by atoms with Gasteiger partial charge in [0, 0.05) is 12.0 Å². The van der Waals surface area contributed by atoms with Gasteiger partial charge in [-0.3, -0.25) is 9.11 Å². The van der Waals surface area contributed by atoms with Gasteiger partial charge in [-0.25, -0.2) is 0 Å². The van der Waals surface area contributed by atoms with E-state index in [1.54, 1.807) is 30.3 Å². The van der Waals surface area contributed by atoms with Gasteiger partial charge in [-0.05, 0) is 36.6 Å². The van der Waals surface area contributed by atoms with E-state index in [2.05, 4.69) is 0 Å². The molecule has 0 unspecified atom stereocenters. The van der Waals surface area contributed by atoms with Gasteiger partial charge in [0.1, 0.15) is 11.9 Å². The molecular weight excluding hydrogens is 464 g/mol. The number of para-hydroxylation sites is 1. The van der Waals surface area contributed by atoms with Crippen molar-refractivity contribution in [1.29, 1.82) is 0 Å². The Kier molecular flexibility index (Phi) is 8.73. The van der Waals surface area contributed by atoms with E-state index in [0.717, 1.165) is 5.56 Å². The molecule has 0 amide bonds. The lowest BCUT2D eigenvalue weighted by Crippen LogP contribution is -2.29. The van der Waals surface area contributed by atoms with Crippen LogP contribution in [0.15, 0.2) is 36.4 Å². The van der Waals surface area contributed by atoms with E-state index < -0.39 is 32.1 Å². The van der Waals surface area contributed by atoms with Gasteiger partial charge in [0.2, 0.25) is 0 Å². The second kappa shape index (κ2) is 10.9. The van der Waals surface area contributed by atoms with Crippen molar-refractivity contribution in [2.24, 2.45) is 0 Å². The average molecular weight is 491 g/mol. The first-order chi connectivity index (χ1) is 14.9. The fourth-order valence-corrected chi connectivity index (χ4v) is 4.28. The lowest BCUT2D eigenvalue weighted by Gasteiger charge is -2.21. The summed E-state index contributed by atoms with van der Waals surface area (Å²) in [6.07, 6.45) is -0.574. The highest BCUT2D eigenvalue weighted by Crippen LogP contribution is 2.33. The molecule has 2 aromatic rings.